The monoisotopic (exact) mass is 536 g/mol. The molecule has 1 saturated carbocycles. The topological polar surface area (TPSA) is 62.6 Å². The van der Waals surface area contributed by atoms with Crippen LogP contribution in [0.25, 0.3) is 27.8 Å². The normalized spacial score (nSPS) is 15.2. The number of nitrogens with zero attached hydrogens (tertiary/aromatic N) is 5. The van der Waals surface area contributed by atoms with Gasteiger partial charge in [-0.15, -0.1) is 0 Å². The summed E-state index contributed by atoms with van der Waals surface area (Å²) in [5.41, 5.74) is 11.9. The zero-order chi connectivity index (χ0) is 26.7. The van der Waals surface area contributed by atoms with Crippen LogP contribution in [0.4, 0.5) is 5.95 Å². The quantitative estimate of drug-likeness (QED) is 0.246. The Balaban J connectivity index is 1.45. The van der Waals surface area contributed by atoms with E-state index in [4.69, 9.17) is 26.7 Å². The smallest absolute Gasteiger partial charge is 0.225 e. The van der Waals surface area contributed by atoms with Crippen molar-refractivity contribution in [3.8, 4) is 16.9 Å². The van der Waals surface area contributed by atoms with Crippen LogP contribution >= 0.6 is 11.6 Å². The molecule has 0 saturated heterocycles. The van der Waals surface area contributed by atoms with Crippen molar-refractivity contribution in [3.05, 3.63) is 87.5 Å². The zero-order valence-electron chi connectivity index (χ0n) is 22.8. The average Bonchev–Trinajstić information content (AvgIpc) is 3.58. The van der Waals surface area contributed by atoms with Crippen molar-refractivity contribution in [2.45, 2.75) is 65.3 Å². The Labute approximate surface area is 234 Å². The van der Waals surface area contributed by atoms with Crippen LogP contribution in [-0.4, -0.2) is 31.3 Å². The van der Waals surface area contributed by atoms with Crippen LogP contribution in [0.2, 0.25) is 5.02 Å². The van der Waals surface area contributed by atoms with Crippen LogP contribution in [0.1, 0.15) is 66.1 Å². The summed E-state index contributed by atoms with van der Waals surface area (Å²) in [5, 5.41) is 7.21. The van der Waals surface area contributed by atoms with E-state index in [1.165, 1.54) is 46.3 Å². The molecule has 7 heteroatoms. The standard InChI is InChI=1S/C32H33ClN6/c1-4-20-7-6-8-21(5-2)30(20)39-31(28-19(3)15-26(33)29-24(28)11-13-34-29)25-18-38(14-12-27(25)37-39)32-35-16-23(17-36-32)22-9-10-22/h6-8,11,13,15-17,22,34H,4-5,9-10,12,14,18H2,1-3H3. The van der Waals surface area contributed by atoms with E-state index < -0.39 is 0 Å². The number of aromatic amines is 1. The molecule has 1 fully saturated rings. The van der Waals surface area contributed by atoms with Crippen LogP contribution in [-0.2, 0) is 25.8 Å². The van der Waals surface area contributed by atoms with Gasteiger partial charge in [-0.25, -0.2) is 14.6 Å². The third-order valence-electron chi connectivity index (χ3n) is 8.43. The molecule has 0 amide bonds. The van der Waals surface area contributed by atoms with Crippen molar-refractivity contribution >= 4 is 28.5 Å². The van der Waals surface area contributed by atoms with Gasteiger partial charge in [0.05, 0.1) is 27.6 Å². The largest absolute Gasteiger partial charge is 0.360 e. The fraction of sp³-hybridized carbons (Fsp3) is 0.344. The number of rotatable bonds is 6. The van der Waals surface area contributed by atoms with Crippen molar-refractivity contribution in [3.63, 3.8) is 0 Å². The molecule has 0 spiro atoms. The molecule has 198 valence electrons. The fourth-order valence-electron chi connectivity index (χ4n) is 6.21. The molecule has 1 aliphatic heterocycles. The Kier molecular flexibility index (Phi) is 5.96. The van der Waals surface area contributed by atoms with E-state index in [0.29, 0.717) is 5.92 Å². The van der Waals surface area contributed by atoms with Gasteiger partial charge in [-0.3, -0.25) is 0 Å². The predicted octanol–water partition coefficient (Wildman–Crippen LogP) is 7.34. The van der Waals surface area contributed by atoms with Gasteiger partial charge in [-0.1, -0.05) is 43.6 Å². The number of fused-ring (bicyclic) bond motifs is 2. The van der Waals surface area contributed by atoms with E-state index >= 15 is 0 Å². The molecule has 1 aliphatic carbocycles. The lowest BCUT2D eigenvalue weighted by molar-refractivity contribution is 0.693. The Hall–Kier alpha value is -3.64. The molecular weight excluding hydrogens is 504 g/mol. The highest BCUT2D eigenvalue weighted by atomic mass is 35.5. The summed E-state index contributed by atoms with van der Waals surface area (Å²) < 4.78 is 2.24. The molecule has 0 bridgehead atoms. The Morgan fingerprint density at radius 1 is 1.05 bits per heavy atom. The van der Waals surface area contributed by atoms with E-state index in [1.54, 1.807) is 0 Å². The highest BCUT2D eigenvalue weighted by Crippen LogP contribution is 2.42. The van der Waals surface area contributed by atoms with Crippen LogP contribution < -0.4 is 4.90 Å². The van der Waals surface area contributed by atoms with E-state index in [-0.39, 0.29) is 0 Å². The van der Waals surface area contributed by atoms with E-state index in [2.05, 4.69) is 65.7 Å². The second-order valence-electron chi connectivity index (χ2n) is 10.9. The van der Waals surface area contributed by atoms with E-state index in [0.717, 1.165) is 71.2 Å². The summed E-state index contributed by atoms with van der Waals surface area (Å²) >= 11 is 6.70. The predicted molar refractivity (Wildman–Crippen MR) is 158 cm³/mol. The number of nitrogens with one attached hydrogen (secondary N) is 1. The molecule has 7 rings (SSSR count). The molecule has 5 aromatic rings. The van der Waals surface area contributed by atoms with Crippen molar-refractivity contribution in [2.75, 3.05) is 11.4 Å². The number of halogens is 1. The maximum absolute atomic E-state index is 6.70. The number of anilines is 1. The van der Waals surface area contributed by atoms with Gasteiger partial charge >= 0.3 is 0 Å². The Morgan fingerprint density at radius 2 is 1.79 bits per heavy atom. The van der Waals surface area contributed by atoms with Gasteiger partial charge in [-0.2, -0.15) is 5.10 Å². The average molecular weight is 537 g/mol. The van der Waals surface area contributed by atoms with Crippen LogP contribution in [0.3, 0.4) is 0 Å². The van der Waals surface area contributed by atoms with Gasteiger partial charge in [0.25, 0.3) is 0 Å². The molecule has 39 heavy (non-hydrogen) atoms. The molecule has 0 unspecified atom stereocenters. The molecule has 0 radical (unpaired) electrons. The van der Waals surface area contributed by atoms with Gasteiger partial charge in [-0.05, 0) is 72.9 Å². The van der Waals surface area contributed by atoms with Gasteiger partial charge in [0.2, 0.25) is 5.95 Å². The van der Waals surface area contributed by atoms with Crippen LogP contribution in [0.15, 0.2) is 48.9 Å². The maximum Gasteiger partial charge on any atom is 0.225 e. The Morgan fingerprint density at radius 3 is 2.49 bits per heavy atom. The molecule has 2 aliphatic rings. The lowest BCUT2D eigenvalue weighted by atomic mass is 9.94. The van der Waals surface area contributed by atoms with Gasteiger partial charge in [0.15, 0.2) is 0 Å². The number of aryl methyl sites for hydroxylation is 3. The molecule has 2 aromatic carbocycles. The third kappa shape index (κ3) is 4.04. The van der Waals surface area contributed by atoms with Gasteiger partial charge in [0, 0.05) is 54.6 Å². The summed E-state index contributed by atoms with van der Waals surface area (Å²) in [6.07, 6.45) is 11.3. The van der Waals surface area contributed by atoms with Crippen LogP contribution in [0, 0.1) is 6.92 Å². The van der Waals surface area contributed by atoms with Crippen molar-refractivity contribution in [2.24, 2.45) is 0 Å². The number of hydrogen-bond acceptors (Lipinski definition) is 4. The molecule has 4 heterocycles. The number of H-pyrrole nitrogens is 1. The van der Waals surface area contributed by atoms with Crippen molar-refractivity contribution in [1.82, 2.24) is 24.7 Å². The summed E-state index contributed by atoms with van der Waals surface area (Å²) in [4.78, 5) is 15.3. The minimum atomic E-state index is 0.653. The minimum Gasteiger partial charge on any atom is -0.360 e. The lowest BCUT2D eigenvalue weighted by Crippen LogP contribution is -2.31. The van der Waals surface area contributed by atoms with Gasteiger partial charge in [0.1, 0.15) is 0 Å². The third-order valence-corrected chi connectivity index (χ3v) is 8.73. The second-order valence-corrected chi connectivity index (χ2v) is 11.3. The first-order valence-corrected chi connectivity index (χ1v) is 14.5. The molecule has 3 aromatic heterocycles. The first kappa shape index (κ1) is 24.4. The summed E-state index contributed by atoms with van der Waals surface area (Å²) in [6.45, 7) is 8.18. The van der Waals surface area contributed by atoms with Gasteiger partial charge < -0.3 is 9.88 Å². The van der Waals surface area contributed by atoms with E-state index in [9.17, 15) is 0 Å². The fourth-order valence-corrected chi connectivity index (χ4v) is 6.53. The lowest BCUT2D eigenvalue weighted by Gasteiger charge is -2.27. The number of aromatic nitrogens is 5. The van der Waals surface area contributed by atoms with Crippen molar-refractivity contribution in [1.29, 1.82) is 0 Å². The maximum atomic E-state index is 6.70. The number of benzene rings is 2. The molecule has 1 N–H and O–H groups in total. The summed E-state index contributed by atoms with van der Waals surface area (Å²) in [7, 11) is 0. The highest BCUT2D eigenvalue weighted by Gasteiger charge is 2.31. The number of para-hydroxylation sites is 1. The number of hydrogen-bond donors (Lipinski definition) is 1. The minimum absolute atomic E-state index is 0.653. The molecule has 0 atom stereocenters. The first-order valence-electron chi connectivity index (χ1n) is 14.1. The molecular formula is C32H33ClN6. The zero-order valence-corrected chi connectivity index (χ0v) is 23.5. The van der Waals surface area contributed by atoms with Crippen molar-refractivity contribution < 1.29 is 0 Å². The highest BCUT2D eigenvalue weighted by molar-refractivity contribution is 6.35. The van der Waals surface area contributed by atoms with E-state index in [1.807, 2.05) is 18.6 Å². The summed E-state index contributed by atoms with van der Waals surface area (Å²) in [5.74, 6) is 1.45. The SMILES string of the molecule is CCc1cccc(CC)c1-n1nc2c(c1-c1c(C)cc(Cl)c3[nH]ccc13)CN(c1ncc(C3CC3)cn1)CC2. The second kappa shape index (κ2) is 9.53. The molecule has 6 nitrogen and oxygen atoms in total. The summed E-state index contributed by atoms with van der Waals surface area (Å²) in [6, 6.07) is 10.9. The van der Waals surface area contributed by atoms with Crippen LogP contribution in [0.5, 0.6) is 0 Å². The first-order chi connectivity index (χ1) is 19.1. The Bertz CT molecular complexity index is 1670.